The van der Waals surface area contributed by atoms with E-state index in [9.17, 15) is 10.2 Å². The molecule has 6 rings (SSSR count). The van der Waals surface area contributed by atoms with Crippen molar-refractivity contribution in [3.05, 3.63) is 53.4 Å². The molecule has 3 fully saturated rings. The van der Waals surface area contributed by atoms with Crippen LogP contribution in [0.3, 0.4) is 0 Å². The molecule has 2 bridgehead atoms. The van der Waals surface area contributed by atoms with Gasteiger partial charge in [-0.05, 0) is 96.3 Å². The van der Waals surface area contributed by atoms with E-state index in [0.29, 0.717) is 6.54 Å². The number of hydrogen-bond donors (Lipinski definition) is 2. The van der Waals surface area contributed by atoms with Gasteiger partial charge in [0, 0.05) is 46.6 Å². The first-order chi connectivity index (χ1) is 16.6. The van der Waals surface area contributed by atoms with Crippen molar-refractivity contribution in [2.45, 2.75) is 90.2 Å². The van der Waals surface area contributed by atoms with Crippen molar-refractivity contribution >= 4 is 22.8 Å². The topological polar surface area (TPSA) is 82.1 Å². The van der Waals surface area contributed by atoms with Crippen LogP contribution in [0.2, 0.25) is 0 Å². The van der Waals surface area contributed by atoms with Gasteiger partial charge in [0.2, 0.25) is 0 Å². The maximum atomic E-state index is 13.5. The van der Waals surface area contributed by atoms with Gasteiger partial charge in [0.05, 0.1) is 0 Å². The molecule has 0 aromatic carbocycles. The smallest absolute Gasteiger partial charge is 0.411 e. The fourth-order valence-electron chi connectivity index (χ4n) is 6.36. The van der Waals surface area contributed by atoms with Crippen LogP contribution in [0.1, 0.15) is 83.3 Å². The second-order valence-electron chi connectivity index (χ2n) is 11.8. The summed E-state index contributed by atoms with van der Waals surface area (Å²) in [7, 11) is 0. The zero-order valence-electron chi connectivity index (χ0n) is 21.5. The Balaban J connectivity index is 1.42. The Morgan fingerprint density at radius 3 is 2.51 bits per heavy atom. The van der Waals surface area contributed by atoms with Gasteiger partial charge in [-0.3, -0.25) is 4.90 Å². The van der Waals surface area contributed by atoms with E-state index in [1.54, 1.807) is 0 Å². The van der Waals surface area contributed by atoms with E-state index < -0.39 is 5.60 Å². The number of hydrogen-bond acceptors (Lipinski definition) is 4. The Kier molecular flexibility index (Phi) is 5.89. The summed E-state index contributed by atoms with van der Waals surface area (Å²) in [4.78, 5) is 23.2. The molecule has 0 atom stereocenters. The quantitative estimate of drug-likeness (QED) is 0.465. The molecule has 3 saturated carbocycles. The van der Waals surface area contributed by atoms with Gasteiger partial charge in [0.15, 0.2) is 0 Å². The number of nitrogens with one attached hydrogen (secondary N) is 2. The highest BCUT2D eigenvalue weighted by molar-refractivity contribution is 6.12. The lowest BCUT2D eigenvalue weighted by atomic mass is 9.54. The van der Waals surface area contributed by atoms with E-state index >= 15 is 0 Å². The summed E-state index contributed by atoms with van der Waals surface area (Å²) in [5, 5.41) is 10.4. The summed E-state index contributed by atoms with van der Waals surface area (Å²) in [6, 6.07) is 2.04. The Morgan fingerprint density at radius 1 is 1.17 bits per heavy atom. The van der Waals surface area contributed by atoms with E-state index in [4.69, 9.17) is 4.74 Å². The van der Waals surface area contributed by atoms with E-state index in [0.717, 1.165) is 79.2 Å². The standard InChI is InChI=1S/C29H38N4O2/c1-20-18-32-25-22(10-17-31-25)23(20)24(30)28-11-14-29(15-12-28,16-13-28)33(26(34)35-27(2,3)4)19-21-8-6-5-7-9-21/h6,8-10,17-18,30H,5,7,11-16,19H2,1-4H3,(H,31,32). The third-order valence-electron chi connectivity index (χ3n) is 8.36. The van der Waals surface area contributed by atoms with E-state index in [1.807, 2.05) is 44.1 Å². The minimum absolute atomic E-state index is 0.137. The van der Waals surface area contributed by atoms with Gasteiger partial charge in [-0.15, -0.1) is 0 Å². The first-order valence-electron chi connectivity index (χ1n) is 13.0. The molecule has 6 heteroatoms. The van der Waals surface area contributed by atoms with Crippen LogP contribution in [0.5, 0.6) is 0 Å². The van der Waals surface area contributed by atoms with Crippen LogP contribution < -0.4 is 0 Å². The number of aryl methyl sites for hydroxylation is 1. The number of carbonyl (C=O) groups is 1. The number of aromatic nitrogens is 2. The van der Waals surface area contributed by atoms with Crippen LogP contribution in [-0.2, 0) is 4.74 Å². The normalized spacial score (nSPS) is 26.0. The summed E-state index contributed by atoms with van der Waals surface area (Å²) in [6.45, 7) is 8.48. The van der Waals surface area contributed by atoms with Gasteiger partial charge < -0.3 is 15.1 Å². The number of rotatable bonds is 5. The van der Waals surface area contributed by atoms with Crippen molar-refractivity contribution in [3.63, 3.8) is 0 Å². The number of pyridine rings is 1. The molecule has 6 nitrogen and oxygen atoms in total. The summed E-state index contributed by atoms with van der Waals surface area (Å²) in [5.74, 6) is 0. The molecule has 2 heterocycles. The fourth-order valence-corrected chi connectivity index (χ4v) is 6.36. The van der Waals surface area contributed by atoms with Gasteiger partial charge in [-0.25, -0.2) is 9.78 Å². The van der Waals surface area contributed by atoms with E-state index in [2.05, 4.69) is 35.1 Å². The van der Waals surface area contributed by atoms with Crippen molar-refractivity contribution in [2.75, 3.05) is 6.54 Å². The molecule has 2 aromatic heterocycles. The minimum atomic E-state index is -0.529. The molecule has 0 aliphatic heterocycles. The summed E-state index contributed by atoms with van der Waals surface area (Å²) in [6.07, 6.45) is 17.8. The second kappa shape index (κ2) is 8.65. The van der Waals surface area contributed by atoms with Crippen molar-refractivity contribution in [2.24, 2.45) is 5.41 Å². The summed E-state index contributed by atoms with van der Waals surface area (Å²) >= 11 is 0. The molecule has 0 unspecified atom stereocenters. The van der Waals surface area contributed by atoms with Crippen LogP contribution in [0.15, 0.2) is 42.3 Å². The van der Waals surface area contributed by atoms with Crippen molar-refractivity contribution in [1.29, 1.82) is 5.41 Å². The molecule has 2 N–H and O–H groups in total. The number of allylic oxidation sites excluding steroid dienone is 2. The van der Waals surface area contributed by atoms with Crippen molar-refractivity contribution in [1.82, 2.24) is 14.9 Å². The number of amides is 1. The van der Waals surface area contributed by atoms with Crippen LogP contribution in [-0.4, -0.2) is 44.4 Å². The molecule has 0 saturated heterocycles. The Morgan fingerprint density at radius 2 is 1.89 bits per heavy atom. The first kappa shape index (κ1) is 23.8. The van der Waals surface area contributed by atoms with Gasteiger partial charge in [-0.1, -0.05) is 18.2 Å². The number of fused-ring (bicyclic) bond motifs is 4. The van der Waals surface area contributed by atoms with Crippen LogP contribution in [0, 0.1) is 17.7 Å². The van der Waals surface area contributed by atoms with Gasteiger partial charge >= 0.3 is 6.09 Å². The van der Waals surface area contributed by atoms with Crippen molar-refractivity contribution in [3.8, 4) is 0 Å². The largest absolute Gasteiger partial charge is 0.444 e. The van der Waals surface area contributed by atoms with Crippen LogP contribution in [0.25, 0.3) is 11.0 Å². The Labute approximate surface area is 208 Å². The van der Waals surface area contributed by atoms with Crippen LogP contribution in [0.4, 0.5) is 4.79 Å². The molecular weight excluding hydrogens is 436 g/mol. The number of H-pyrrole nitrogens is 1. The van der Waals surface area contributed by atoms with Crippen LogP contribution >= 0.6 is 0 Å². The zero-order valence-corrected chi connectivity index (χ0v) is 21.5. The second-order valence-corrected chi connectivity index (χ2v) is 11.8. The average molecular weight is 475 g/mol. The molecular formula is C29H38N4O2. The molecule has 35 heavy (non-hydrogen) atoms. The van der Waals surface area contributed by atoms with Crippen molar-refractivity contribution < 1.29 is 9.53 Å². The molecule has 4 aliphatic carbocycles. The lowest BCUT2D eigenvalue weighted by Crippen LogP contribution is -2.61. The Hall–Kier alpha value is -2.89. The maximum Gasteiger partial charge on any atom is 0.411 e. The molecule has 4 aliphatic rings. The van der Waals surface area contributed by atoms with Gasteiger partial charge in [-0.2, -0.15) is 0 Å². The maximum absolute atomic E-state index is 13.5. The predicted molar refractivity (Wildman–Crippen MR) is 140 cm³/mol. The number of carbonyl (C=O) groups excluding carboxylic acids is 1. The lowest BCUT2D eigenvalue weighted by Gasteiger charge is -2.57. The van der Waals surface area contributed by atoms with E-state index in [1.165, 1.54) is 5.57 Å². The minimum Gasteiger partial charge on any atom is -0.444 e. The number of ether oxygens (including phenoxy) is 1. The Bertz CT molecular complexity index is 1190. The molecule has 1 amide bonds. The fraction of sp³-hybridized carbons (Fsp3) is 0.552. The lowest BCUT2D eigenvalue weighted by molar-refractivity contribution is -0.0439. The first-order valence-corrected chi connectivity index (χ1v) is 13.0. The summed E-state index contributed by atoms with van der Waals surface area (Å²) in [5.41, 5.74) is 4.02. The third-order valence-corrected chi connectivity index (χ3v) is 8.36. The molecule has 0 spiro atoms. The average Bonchev–Trinajstić information content (AvgIpc) is 3.31. The number of aromatic amines is 1. The molecule has 0 radical (unpaired) electrons. The molecule has 186 valence electrons. The van der Waals surface area contributed by atoms with Gasteiger partial charge in [0.25, 0.3) is 0 Å². The van der Waals surface area contributed by atoms with Gasteiger partial charge in [0.1, 0.15) is 11.2 Å². The highest BCUT2D eigenvalue weighted by Crippen LogP contribution is 2.56. The predicted octanol–water partition coefficient (Wildman–Crippen LogP) is 6.85. The van der Waals surface area contributed by atoms with E-state index in [-0.39, 0.29) is 17.0 Å². The SMILES string of the molecule is Cc1cnc2[nH]ccc2c1C(=N)C12CCC(N(CC3=CCCC=C3)C(=O)OC(C)(C)C)(CC1)CC2. The third kappa shape index (κ3) is 4.32. The summed E-state index contributed by atoms with van der Waals surface area (Å²) < 4.78 is 5.92. The monoisotopic (exact) mass is 474 g/mol. The highest BCUT2D eigenvalue weighted by atomic mass is 16.6. The highest BCUT2D eigenvalue weighted by Gasteiger charge is 2.55. The number of nitrogens with zero attached hydrogens (tertiary/aromatic N) is 2. The molecule has 2 aromatic rings. The zero-order chi connectivity index (χ0) is 24.8.